The number of phenolic OH excluding ortho intramolecular Hbond substituents is 2. The normalized spacial score (nSPS) is 11.6. The average molecular weight is 461 g/mol. The summed E-state index contributed by atoms with van der Waals surface area (Å²) < 4.78 is 24.7. The van der Waals surface area contributed by atoms with Gasteiger partial charge in [-0.05, 0) is 39.8 Å². The van der Waals surface area contributed by atoms with E-state index in [9.17, 15) is 10.2 Å². The van der Waals surface area contributed by atoms with Crippen molar-refractivity contribution in [3.05, 3.63) is 57.3 Å². The van der Waals surface area contributed by atoms with E-state index in [1.807, 2.05) is 39.8 Å². The van der Waals surface area contributed by atoms with Gasteiger partial charge < -0.3 is 29.2 Å². The molecule has 0 radical (unpaired) electrons. The summed E-state index contributed by atoms with van der Waals surface area (Å²) in [7, 11) is 0. The molecule has 0 spiro atoms. The summed E-state index contributed by atoms with van der Waals surface area (Å²) in [6.45, 7) is 9.44. The molecule has 4 aromatic carbocycles. The molecule has 5 rings (SSSR count). The van der Waals surface area contributed by atoms with Gasteiger partial charge in [-0.15, -0.1) is 0 Å². The summed E-state index contributed by atoms with van der Waals surface area (Å²) in [5.74, 6) is 2.71. The Morgan fingerprint density at radius 3 is 1.18 bits per heavy atom. The topological polar surface area (TPSA) is 77.4 Å². The summed E-state index contributed by atoms with van der Waals surface area (Å²) >= 11 is 0. The second-order valence-corrected chi connectivity index (χ2v) is 7.95. The van der Waals surface area contributed by atoms with Crippen LogP contribution in [0.4, 0.5) is 0 Å². The molecule has 0 saturated carbocycles. The van der Waals surface area contributed by atoms with Gasteiger partial charge in [0.05, 0.1) is 37.2 Å². The van der Waals surface area contributed by atoms with E-state index in [0.29, 0.717) is 60.2 Å². The van der Waals surface area contributed by atoms with Gasteiger partial charge in [0.25, 0.3) is 0 Å². The molecule has 0 unspecified atom stereocenters. The van der Waals surface area contributed by atoms with Gasteiger partial charge in [0, 0.05) is 31.6 Å². The molecular formula is C28H28O6. The van der Waals surface area contributed by atoms with Crippen LogP contribution in [0, 0.1) is 20.9 Å². The molecule has 0 fully saturated rings. The lowest BCUT2D eigenvalue weighted by Gasteiger charge is -2.23. The van der Waals surface area contributed by atoms with Crippen LogP contribution in [0.15, 0.2) is 36.4 Å². The Morgan fingerprint density at radius 2 is 0.824 bits per heavy atom. The SMILES string of the molecule is CCOc1c2c(c(OCC)c3c(O)cccc13)=c1c(OCC)c3c(O)cccc3c(OCC)c1=2. The fourth-order valence-corrected chi connectivity index (χ4v) is 4.97. The molecule has 0 bridgehead atoms. The zero-order chi connectivity index (χ0) is 24.0. The van der Waals surface area contributed by atoms with Crippen LogP contribution in [-0.4, -0.2) is 36.6 Å². The van der Waals surface area contributed by atoms with Crippen molar-refractivity contribution in [2.45, 2.75) is 27.7 Å². The lowest BCUT2D eigenvalue weighted by molar-refractivity contribution is 0.321. The lowest BCUT2D eigenvalue weighted by atomic mass is 9.90. The van der Waals surface area contributed by atoms with Crippen molar-refractivity contribution in [1.82, 2.24) is 0 Å². The number of phenols is 2. The molecular weight excluding hydrogens is 432 g/mol. The highest BCUT2D eigenvalue weighted by atomic mass is 16.5. The summed E-state index contributed by atoms with van der Waals surface area (Å²) in [5.41, 5.74) is 0. The second-order valence-electron chi connectivity index (χ2n) is 7.95. The summed E-state index contributed by atoms with van der Waals surface area (Å²) in [6, 6.07) is 10.8. The summed E-state index contributed by atoms with van der Waals surface area (Å²) in [5, 5.41) is 27.8. The molecule has 34 heavy (non-hydrogen) atoms. The zero-order valence-corrected chi connectivity index (χ0v) is 19.8. The highest BCUT2D eigenvalue weighted by Gasteiger charge is 2.28. The zero-order valence-electron chi connectivity index (χ0n) is 19.8. The monoisotopic (exact) mass is 460 g/mol. The van der Waals surface area contributed by atoms with Crippen LogP contribution in [0.25, 0.3) is 21.5 Å². The van der Waals surface area contributed by atoms with Gasteiger partial charge >= 0.3 is 0 Å². The smallest absolute Gasteiger partial charge is 0.139 e. The third kappa shape index (κ3) is 2.94. The quantitative estimate of drug-likeness (QED) is 0.301. The van der Waals surface area contributed by atoms with Crippen LogP contribution in [0.2, 0.25) is 0 Å². The van der Waals surface area contributed by atoms with Crippen LogP contribution in [0.5, 0.6) is 34.5 Å². The number of benzene rings is 4. The minimum Gasteiger partial charge on any atom is -0.507 e. The molecule has 0 saturated heterocycles. The van der Waals surface area contributed by atoms with E-state index in [2.05, 4.69) is 0 Å². The third-order valence-electron chi connectivity index (χ3n) is 6.09. The lowest BCUT2D eigenvalue weighted by Crippen LogP contribution is -2.09. The number of hydrogen-bond acceptors (Lipinski definition) is 6. The number of ether oxygens (including phenoxy) is 4. The second kappa shape index (κ2) is 8.52. The Hall–Kier alpha value is -3.80. The van der Waals surface area contributed by atoms with Gasteiger partial charge in [0.2, 0.25) is 0 Å². The van der Waals surface area contributed by atoms with E-state index in [1.54, 1.807) is 24.3 Å². The van der Waals surface area contributed by atoms with E-state index in [0.717, 1.165) is 31.6 Å². The molecule has 1 aliphatic carbocycles. The Kier molecular flexibility index (Phi) is 5.52. The van der Waals surface area contributed by atoms with Crippen LogP contribution < -0.4 is 18.9 Å². The highest BCUT2D eigenvalue weighted by Crippen LogP contribution is 2.49. The fourth-order valence-electron chi connectivity index (χ4n) is 4.97. The molecule has 0 aliphatic heterocycles. The first-order chi connectivity index (χ1) is 16.6. The summed E-state index contributed by atoms with van der Waals surface area (Å²) in [4.78, 5) is 0. The van der Waals surface area contributed by atoms with Crippen LogP contribution in [0.1, 0.15) is 27.7 Å². The molecule has 0 atom stereocenters. The molecule has 1 aliphatic rings. The van der Waals surface area contributed by atoms with Crippen LogP contribution in [-0.2, 0) is 0 Å². The van der Waals surface area contributed by atoms with Crippen molar-refractivity contribution in [3.63, 3.8) is 0 Å². The standard InChI is InChI=1S/C28H28O6/c1-5-31-25-15-11-9-13-17(29)19(15)27(33-7-3)23-21(25)22-24(23)28(34-8-4)20-16(26(22)32-6-2)12-10-14-18(20)30/h9-14,29-30H,5-8H2,1-4H3. The van der Waals surface area contributed by atoms with Gasteiger partial charge in [0.15, 0.2) is 0 Å². The maximum absolute atomic E-state index is 10.9. The Morgan fingerprint density at radius 1 is 0.500 bits per heavy atom. The first-order valence-corrected chi connectivity index (χ1v) is 11.7. The van der Waals surface area contributed by atoms with E-state index < -0.39 is 0 Å². The maximum atomic E-state index is 10.9. The number of hydrogen-bond donors (Lipinski definition) is 2. The molecule has 0 aromatic heterocycles. The van der Waals surface area contributed by atoms with Crippen molar-refractivity contribution in [3.8, 4) is 34.5 Å². The Labute approximate surface area is 196 Å². The first-order valence-electron chi connectivity index (χ1n) is 11.7. The molecule has 6 heteroatoms. The van der Waals surface area contributed by atoms with E-state index in [1.165, 1.54) is 0 Å². The fraction of sp³-hybridized carbons (Fsp3) is 0.286. The van der Waals surface area contributed by atoms with Crippen molar-refractivity contribution in [1.29, 1.82) is 0 Å². The van der Waals surface area contributed by atoms with E-state index >= 15 is 0 Å². The minimum atomic E-state index is 0.116. The molecule has 2 N–H and O–H groups in total. The molecule has 0 heterocycles. The van der Waals surface area contributed by atoms with Gasteiger partial charge in [0.1, 0.15) is 34.5 Å². The van der Waals surface area contributed by atoms with Crippen LogP contribution in [0.3, 0.4) is 0 Å². The maximum Gasteiger partial charge on any atom is 0.139 e. The van der Waals surface area contributed by atoms with E-state index in [-0.39, 0.29) is 11.5 Å². The number of aromatic hydroxyl groups is 2. The third-order valence-corrected chi connectivity index (χ3v) is 6.09. The van der Waals surface area contributed by atoms with Crippen molar-refractivity contribution >= 4 is 21.5 Å². The molecule has 176 valence electrons. The predicted octanol–water partition coefficient (Wildman–Crippen LogP) is 5.89. The van der Waals surface area contributed by atoms with Crippen molar-refractivity contribution < 1.29 is 29.2 Å². The predicted molar refractivity (Wildman–Crippen MR) is 131 cm³/mol. The Balaban J connectivity index is 2.18. The van der Waals surface area contributed by atoms with Gasteiger partial charge in [-0.2, -0.15) is 0 Å². The van der Waals surface area contributed by atoms with Gasteiger partial charge in [-0.3, -0.25) is 0 Å². The van der Waals surface area contributed by atoms with Crippen LogP contribution >= 0.6 is 0 Å². The number of rotatable bonds is 8. The van der Waals surface area contributed by atoms with Gasteiger partial charge in [-0.1, -0.05) is 24.3 Å². The molecule has 0 amide bonds. The van der Waals surface area contributed by atoms with Crippen molar-refractivity contribution in [2.75, 3.05) is 26.4 Å². The first kappa shape index (κ1) is 22.0. The highest BCUT2D eigenvalue weighted by molar-refractivity contribution is 6.02. The van der Waals surface area contributed by atoms with E-state index in [4.69, 9.17) is 18.9 Å². The molecule has 4 aromatic rings. The Bertz CT molecular complexity index is 1500. The summed E-state index contributed by atoms with van der Waals surface area (Å²) in [6.07, 6.45) is 0. The van der Waals surface area contributed by atoms with Crippen molar-refractivity contribution in [2.24, 2.45) is 0 Å². The largest absolute Gasteiger partial charge is 0.507 e. The average Bonchev–Trinajstić information content (AvgIpc) is 2.80. The number of fused-ring (bicyclic) bond motifs is 4. The molecule has 6 nitrogen and oxygen atoms in total. The minimum absolute atomic E-state index is 0.116. The van der Waals surface area contributed by atoms with Gasteiger partial charge in [-0.25, -0.2) is 0 Å².